The molecule has 5 heteroatoms. The Bertz CT molecular complexity index is 596. The summed E-state index contributed by atoms with van der Waals surface area (Å²) in [6.07, 6.45) is 1.64. The molecule has 0 saturated carbocycles. The third-order valence-electron chi connectivity index (χ3n) is 3.53. The third-order valence-corrected chi connectivity index (χ3v) is 3.53. The van der Waals surface area contributed by atoms with Gasteiger partial charge in [-0.15, -0.1) is 0 Å². The average molecular weight is 284 g/mol. The quantitative estimate of drug-likeness (QED) is 0.930. The van der Waals surface area contributed by atoms with Crippen LogP contribution in [0.25, 0.3) is 11.3 Å². The van der Waals surface area contributed by atoms with E-state index in [1.165, 1.54) is 0 Å². The van der Waals surface area contributed by atoms with Crippen LogP contribution in [0.3, 0.4) is 0 Å². The molecule has 1 fully saturated rings. The normalized spacial score (nSPS) is 15.0. The van der Waals surface area contributed by atoms with Crippen molar-refractivity contribution in [2.24, 2.45) is 0 Å². The van der Waals surface area contributed by atoms with Crippen LogP contribution < -0.4 is 15.0 Å². The summed E-state index contributed by atoms with van der Waals surface area (Å²) in [4.78, 5) is 11.1. The number of piperazine rings is 1. The molecule has 1 aliphatic rings. The van der Waals surface area contributed by atoms with Crippen molar-refractivity contribution in [1.82, 2.24) is 15.3 Å². The summed E-state index contributed by atoms with van der Waals surface area (Å²) in [5.41, 5.74) is 1.99. The van der Waals surface area contributed by atoms with Gasteiger partial charge in [0.25, 0.3) is 0 Å². The molecule has 1 aromatic carbocycles. The monoisotopic (exact) mass is 284 g/mol. The molecular formula is C16H20N4O. The van der Waals surface area contributed by atoms with E-state index in [9.17, 15) is 0 Å². The Labute approximate surface area is 125 Å². The lowest BCUT2D eigenvalue weighted by Crippen LogP contribution is -2.43. The molecule has 0 unspecified atom stereocenters. The maximum Gasteiger partial charge on any atom is 0.132 e. The van der Waals surface area contributed by atoms with Crippen LogP contribution in [0.15, 0.2) is 36.7 Å². The lowest BCUT2D eigenvalue weighted by Gasteiger charge is -2.28. The highest BCUT2D eigenvalue weighted by Gasteiger charge is 2.12. The van der Waals surface area contributed by atoms with Gasteiger partial charge in [0.2, 0.25) is 0 Å². The third kappa shape index (κ3) is 3.31. The van der Waals surface area contributed by atoms with Crippen LogP contribution in [-0.4, -0.2) is 42.8 Å². The van der Waals surface area contributed by atoms with Gasteiger partial charge in [0, 0.05) is 37.8 Å². The Morgan fingerprint density at radius 1 is 1.19 bits per heavy atom. The van der Waals surface area contributed by atoms with Crippen molar-refractivity contribution in [3.8, 4) is 17.0 Å². The summed E-state index contributed by atoms with van der Waals surface area (Å²) < 4.78 is 5.55. The summed E-state index contributed by atoms with van der Waals surface area (Å²) >= 11 is 0. The molecule has 21 heavy (non-hydrogen) atoms. The first kappa shape index (κ1) is 13.8. The number of rotatable bonds is 4. The molecule has 2 heterocycles. The second-order valence-corrected chi connectivity index (χ2v) is 4.96. The van der Waals surface area contributed by atoms with E-state index >= 15 is 0 Å². The molecule has 0 aliphatic carbocycles. The maximum absolute atomic E-state index is 5.55. The van der Waals surface area contributed by atoms with Gasteiger partial charge in [-0.1, -0.05) is 12.1 Å². The largest absolute Gasteiger partial charge is 0.494 e. The molecule has 1 N–H and O–H groups in total. The Hall–Kier alpha value is -2.14. The molecule has 0 bridgehead atoms. The van der Waals surface area contributed by atoms with Crippen LogP contribution in [0.1, 0.15) is 6.92 Å². The summed E-state index contributed by atoms with van der Waals surface area (Å²) in [6, 6.07) is 10.1. The van der Waals surface area contributed by atoms with Crippen LogP contribution in [-0.2, 0) is 0 Å². The van der Waals surface area contributed by atoms with Crippen LogP contribution in [0, 0.1) is 0 Å². The Balaban J connectivity index is 1.86. The van der Waals surface area contributed by atoms with Crippen molar-refractivity contribution < 1.29 is 4.74 Å². The predicted octanol–water partition coefficient (Wildman–Crippen LogP) is 1.95. The number of ether oxygens (including phenoxy) is 1. The van der Waals surface area contributed by atoms with E-state index in [-0.39, 0.29) is 0 Å². The van der Waals surface area contributed by atoms with E-state index in [0.717, 1.165) is 49.0 Å². The first-order valence-corrected chi connectivity index (χ1v) is 7.38. The average Bonchev–Trinajstić information content (AvgIpc) is 2.56. The Morgan fingerprint density at radius 2 is 2.05 bits per heavy atom. The predicted molar refractivity (Wildman–Crippen MR) is 83.7 cm³/mol. The molecule has 110 valence electrons. The molecule has 1 aliphatic heterocycles. The van der Waals surface area contributed by atoms with Crippen molar-refractivity contribution in [2.75, 3.05) is 37.7 Å². The van der Waals surface area contributed by atoms with Crippen LogP contribution in [0.5, 0.6) is 5.75 Å². The zero-order chi connectivity index (χ0) is 14.5. The van der Waals surface area contributed by atoms with Gasteiger partial charge in [0.1, 0.15) is 17.9 Å². The van der Waals surface area contributed by atoms with E-state index < -0.39 is 0 Å². The molecule has 0 spiro atoms. The lowest BCUT2D eigenvalue weighted by molar-refractivity contribution is 0.340. The molecule has 3 rings (SSSR count). The molecule has 5 nitrogen and oxygen atoms in total. The number of hydrogen-bond donors (Lipinski definition) is 1. The molecule has 0 atom stereocenters. The SMILES string of the molecule is CCOc1cccc(-c2cc(N3CCNCC3)ncn2)c1. The Kier molecular flexibility index (Phi) is 4.31. The zero-order valence-corrected chi connectivity index (χ0v) is 12.2. The van der Waals surface area contributed by atoms with Crippen molar-refractivity contribution in [3.63, 3.8) is 0 Å². The fraction of sp³-hybridized carbons (Fsp3) is 0.375. The summed E-state index contributed by atoms with van der Waals surface area (Å²) in [5, 5.41) is 3.35. The fourth-order valence-electron chi connectivity index (χ4n) is 2.48. The summed E-state index contributed by atoms with van der Waals surface area (Å²) in [7, 11) is 0. The van der Waals surface area contributed by atoms with E-state index in [2.05, 4.69) is 26.3 Å². The highest BCUT2D eigenvalue weighted by Crippen LogP contribution is 2.24. The van der Waals surface area contributed by atoms with Gasteiger partial charge in [-0.2, -0.15) is 0 Å². The van der Waals surface area contributed by atoms with Crippen molar-refractivity contribution >= 4 is 5.82 Å². The van der Waals surface area contributed by atoms with Crippen LogP contribution in [0.2, 0.25) is 0 Å². The first-order chi connectivity index (χ1) is 10.4. The first-order valence-electron chi connectivity index (χ1n) is 7.38. The van der Waals surface area contributed by atoms with Crippen LogP contribution in [0.4, 0.5) is 5.82 Å². The second-order valence-electron chi connectivity index (χ2n) is 4.96. The van der Waals surface area contributed by atoms with Gasteiger partial charge in [-0.05, 0) is 19.1 Å². The standard InChI is InChI=1S/C16H20N4O/c1-2-21-14-5-3-4-13(10-14)15-11-16(19-12-18-15)20-8-6-17-7-9-20/h3-5,10-12,17H,2,6-9H2,1H3. The number of nitrogens with one attached hydrogen (secondary N) is 1. The molecule has 0 amide bonds. The van der Waals surface area contributed by atoms with Crippen molar-refractivity contribution in [1.29, 1.82) is 0 Å². The van der Waals surface area contributed by atoms with Crippen LogP contribution >= 0.6 is 0 Å². The molecule has 0 radical (unpaired) electrons. The van der Waals surface area contributed by atoms with Gasteiger partial charge in [-0.3, -0.25) is 0 Å². The number of benzene rings is 1. The number of hydrogen-bond acceptors (Lipinski definition) is 5. The minimum atomic E-state index is 0.666. The van der Waals surface area contributed by atoms with E-state index in [1.807, 2.05) is 31.2 Å². The van der Waals surface area contributed by atoms with Crippen molar-refractivity contribution in [3.05, 3.63) is 36.7 Å². The van der Waals surface area contributed by atoms with Gasteiger partial charge in [0.05, 0.1) is 12.3 Å². The van der Waals surface area contributed by atoms with E-state index in [0.29, 0.717) is 6.61 Å². The minimum Gasteiger partial charge on any atom is -0.494 e. The van der Waals surface area contributed by atoms with Gasteiger partial charge in [-0.25, -0.2) is 9.97 Å². The summed E-state index contributed by atoms with van der Waals surface area (Å²) in [6.45, 7) is 6.61. The Morgan fingerprint density at radius 3 is 2.86 bits per heavy atom. The highest BCUT2D eigenvalue weighted by molar-refractivity contribution is 5.64. The maximum atomic E-state index is 5.55. The highest BCUT2D eigenvalue weighted by atomic mass is 16.5. The summed E-state index contributed by atoms with van der Waals surface area (Å²) in [5.74, 6) is 1.86. The second kappa shape index (κ2) is 6.54. The number of anilines is 1. The van der Waals surface area contributed by atoms with Gasteiger partial charge >= 0.3 is 0 Å². The van der Waals surface area contributed by atoms with E-state index in [1.54, 1.807) is 6.33 Å². The molecule has 2 aromatic rings. The minimum absolute atomic E-state index is 0.666. The number of aromatic nitrogens is 2. The lowest BCUT2D eigenvalue weighted by atomic mass is 10.1. The molecule has 1 aromatic heterocycles. The zero-order valence-electron chi connectivity index (χ0n) is 12.2. The van der Waals surface area contributed by atoms with Gasteiger partial charge < -0.3 is 15.0 Å². The topological polar surface area (TPSA) is 50.3 Å². The molecule has 1 saturated heterocycles. The van der Waals surface area contributed by atoms with E-state index in [4.69, 9.17) is 4.74 Å². The number of nitrogens with zero attached hydrogens (tertiary/aromatic N) is 3. The van der Waals surface area contributed by atoms with Gasteiger partial charge in [0.15, 0.2) is 0 Å². The van der Waals surface area contributed by atoms with Crippen molar-refractivity contribution in [2.45, 2.75) is 6.92 Å². The molecular weight excluding hydrogens is 264 g/mol. The fourth-order valence-corrected chi connectivity index (χ4v) is 2.48. The smallest absolute Gasteiger partial charge is 0.132 e.